The predicted molar refractivity (Wildman–Crippen MR) is 68.8 cm³/mol. The van der Waals surface area contributed by atoms with Gasteiger partial charge < -0.3 is 22.6 Å². The average Bonchev–Trinajstić information content (AvgIpc) is 2.38. The Balaban J connectivity index is 0.00000361. The van der Waals surface area contributed by atoms with Gasteiger partial charge in [0.1, 0.15) is 5.60 Å². The minimum absolute atomic E-state index is 0. The number of halogens is 3. The van der Waals surface area contributed by atoms with Gasteiger partial charge in [-0.15, -0.1) is 11.5 Å². The first-order valence-corrected chi connectivity index (χ1v) is 6.45. The maximum absolute atomic E-state index is 12.3. The van der Waals surface area contributed by atoms with Crippen LogP contribution in [0.1, 0.15) is 40.0 Å². The quantitative estimate of drug-likeness (QED) is 0.667. The van der Waals surface area contributed by atoms with Gasteiger partial charge in [0.25, 0.3) is 0 Å². The second-order valence-corrected chi connectivity index (χ2v) is 5.77. The molecule has 0 aliphatic carbocycles. The Labute approximate surface area is 160 Å². The summed E-state index contributed by atoms with van der Waals surface area (Å²) in [7, 11) is 0. The molecule has 20 heavy (non-hydrogen) atoms. The molecule has 0 aromatic rings. The summed E-state index contributed by atoms with van der Waals surface area (Å²) in [6, 6.07) is 0. The second-order valence-electron chi connectivity index (χ2n) is 5.77. The van der Waals surface area contributed by atoms with Crippen molar-refractivity contribution in [3.63, 3.8) is 0 Å². The van der Waals surface area contributed by atoms with Gasteiger partial charge in [-0.2, -0.15) is 0 Å². The van der Waals surface area contributed by atoms with Crippen LogP contribution < -0.4 is 51.4 Å². The van der Waals surface area contributed by atoms with Crippen molar-refractivity contribution >= 4 is 13.1 Å². The Kier molecular flexibility index (Phi) is 8.42. The van der Waals surface area contributed by atoms with Crippen molar-refractivity contribution in [2.24, 2.45) is 0 Å². The summed E-state index contributed by atoms with van der Waals surface area (Å²) in [5.74, 6) is 0.415. The number of nitrogens with zero attached hydrogens (tertiary/aromatic N) is 1. The monoisotopic (exact) mass is 317 g/mol. The number of hydrogen-bond donors (Lipinski definition) is 0. The van der Waals surface area contributed by atoms with Gasteiger partial charge in [0.15, 0.2) is 0 Å². The zero-order chi connectivity index (χ0) is 14.7. The number of ether oxygens (including phenoxy) is 1. The van der Waals surface area contributed by atoms with Crippen molar-refractivity contribution in [2.75, 3.05) is 13.1 Å². The minimum atomic E-state index is -4.90. The van der Waals surface area contributed by atoms with E-state index in [1.165, 1.54) is 4.90 Å². The SMILES string of the molecule is CC(C)(C)OC(=O)N1CCC/C(=C\[B-](F)(F)F)CC1.[K+]. The molecule has 110 valence electrons. The van der Waals surface area contributed by atoms with Crippen LogP contribution in [-0.2, 0) is 4.74 Å². The topological polar surface area (TPSA) is 29.5 Å². The molecule has 8 heteroatoms. The van der Waals surface area contributed by atoms with Crippen LogP contribution in [0.3, 0.4) is 0 Å². The fraction of sp³-hybridized carbons (Fsp3) is 0.750. The molecule has 1 aliphatic rings. The van der Waals surface area contributed by atoms with E-state index in [1.807, 2.05) is 0 Å². The summed E-state index contributed by atoms with van der Waals surface area (Å²) >= 11 is 0. The molecule has 0 aromatic heterocycles. The Hall–Kier alpha value is 0.501. The van der Waals surface area contributed by atoms with Gasteiger partial charge in [-0.1, -0.05) is 0 Å². The van der Waals surface area contributed by atoms with Gasteiger partial charge in [-0.3, -0.25) is 0 Å². The molecule has 3 nitrogen and oxygen atoms in total. The summed E-state index contributed by atoms with van der Waals surface area (Å²) in [6.45, 7) is 1.12. The summed E-state index contributed by atoms with van der Waals surface area (Å²) in [5.41, 5.74) is -0.213. The maximum atomic E-state index is 12.3. The van der Waals surface area contributed by atoms with Gasteiger partial charge in [0, 0.05) is 13.1 Å². The van der Waals surface area contributed by atoms with Crippen molar-refractivity contribution in [3.8, 4) is 0 Å². The Morgan fingerprint density at radius 1 is 1.25 bits per heavy atom. The minimum Gasteiger partial charge on any atom is -0.445 e. The summed E-state index contributed by atoms with van der Waals surface area (Å²) in [4.78, 5) is 13.3. The van der Waals surface area contributed by atoms with E-state index in [0.717, 1.165) is 0 Å². The molecule has 0 bridgehead atoms. The molecule has 1 saturated heterocycles. The molecule has 0 spiro atoms. The standard InChI is InChI=1S/C12H20BF3NO2.K/c1-12(2,3)19-11(18)17-7-4-5-10(6-8-17)9-13(14,15)16;/h9H,4-8H2,1-3H3;/q-1;+1/b10-9+;. The van der Waals surface area contributed by atoms with E-state index in [-0.39, 0.29) is 64.4 Å². The fourth-order valence-electron chi connectivity index (χ4n) is 1.96. The van der Waals surface area contributed by atoms with E-state index in [9.17, 15) is 17.7 Å². The van der Waals surface area contributed by atoms with Gasteiger partial charge in [0.05, 0.1) is 0 Å². The first-order valence-electron chi connectivity index (χ1n) is 6.45. The van der Waals surface area contributed by atoms with E-state index in [2.05, 4.69) is 0 Å². The van der Waals surface area contributed by atoms with Crippen molar-refractivity contribution < 1.29 is 73.9 Å². The van der Waals surface area contributed by atoms with Crippen LogP contribution in [0.2, 0.25) is 0 Å². The number of carbonyl (C=O) groups is 1. The first kappa shape index (κ1) is 20.5. The molecule has 0 saturated carbocycles. The molecule has 1 heterocycles. The van der Waals surface area contributed by atoms with Crippen molar-refractivity contribution in [1.29, 1.82) is 0 Å². The Morgan fingerprint density at radius 2 is 1.85 bits per heavy atom. The normalized spacial score (nSPS) is 19.3. The third-order valence-corrected chi connectivity index (χ3v) is 2.71. The summed E-state index contributed by atoms with van der Waals surface area (Å²) in [5, 5.41) is 0. The molecular weight excluding hydrogens is 297 g/mol. The van der Waals surface area contributed by atoms with Gasteiger partial charge in [0.2, 0.25) is 0 Å². The zero-order valence-corrected chi connectivity index (χ0v) is 15.7. The number of hydrogen-bond acceptors (Lipinski definition) is 2. The molecule has 0 radical (unpaired) electrons. The van der Waals surface area contributed by atoms with E-state index in [0.29, 0.717) is 30.9 Å². The molecule has 0 atom stereocenters. The fourth-order valence-corrected chi connectivity index (χ4v) is 1.96. The largest absolute Gasteiger partial charge is 1.00 e. The third-order valence-electron chi connectivity index (χ3n) is 2.71. The second kappa shape index (κ2) is 8.22. The molecule has 1 fully saturated rings. The Morgan fingerprint density at radius 3 is 2.35 bits per heavy atom. The van der Waals surface area contributed by atoms with Crippen molar-refractivity contribution in [1.82, 2.24) is 4.90 Å². The smallest absolute Gasteiger partial charge is 0.445 e. The van der Waals surface area contributed by atoms with E-state index >= 15 is 0 Å². The zero-order valence-electron chi connectivity index (χ0n) is 12.6. The van der Waals surface area contributed by atoms with Crippen LogP contribution in [0.15, 0.2) is 11.5 Å². The molecule has 0 N–H and O–H groups in total. The van der Waals surface area contributed by atoms with Crippen LogP contribution in [-0.4, -0.2) is 36.7 Å². The van der Waals surface area contributed by atoms with Gasteiger partial charge >= 0.3 is 64.5 Å². The third kappa shape index (κ3) is 8.71. The average molecular weight is 317 g/mol. The van der Waals surface area contributed by atoms with E-state index < -0.39 is 18.7 Å². The Bertz CT molecular complexity index is 367. The first-order chi connectivity index (χ1) is 8.57. The number of amides is 1. The van der Waals surface area contributed by atoms with Crippen LogP contribution >= 0.6 is 0 Å². The van der Waals surface area contributed by atoms with Gasteiger partial charge in [-0.05, 0) is 40.0 Å². The summed E-state index contributed by atoms with van der Waals surface area (Å²) < 4.78 is 42.2. The van der Waals surface area contributed by atoms with Crippen LogP contribution in [0.4, 0.5) is 17.7 Å². The molecular formula is C12H20BF3KNO2. The van der Waals surface area contributed by atoms with Gasteiger partial charge in [-0.25, -0.2) is 4.79 Å². The van der Waals surface area contributed by atoms with Crippen LogP contribution in [0.25, 0.3) is 0 Å². The summed E-state index contributed by atoms with van der Waals surface area (Å²) in [6.07, 6.45) is 0.740. The number of carbonyl (C=O) groups excluding carboxylic acids is 1. The molecule has 1 rings (SSSR count). The van der Waals surface area contributed by atoms with Crippen LogP contribution in [0.5, 0.6) is 0 Å². The van der Waals surface area contributed by atoms with Crippen molar-refractivity contribution in [3.05, 3.63) is 11.5 Å². The number of likely N-dealkylation sites (tertiary alicyclic amines) is 1. The molecule has 1 amide bonds. The van der Waals surface area contributed by atoms with E-state index in [4.69, 9.17) is 4.74 Å². The maximum Gasteiger partial charge on any atom is 1.00 e. The molecule has 0 aromatic carbocycles. The van der Waals surface area contributed by atoms with Crippen molar-refractivity contribution in [2.45, 2.75) is 45.6 Å². The number of rotatable bonds is 1. The van der Waals surface area contributed by atoms with Crippen LogP contribution in [0, 0.1) is 0 Å². The predicted octanol–water partition coefficient (Wildman–Crippen LogP) is 0.724. The molecule has 1 aliphatic heterocycles. The molecule has 0 unspecified atom stereocenters. The van der Waals surface area contributed by atoms with E-state index in [1.54, 1.807) is 20.8 Å².